The van der Waals surface area contributed by atoms with Crippen molar-refractivity contribution in [1.82, 2.24) is 4.98 Å². The molecule has 2 rings (SSSR count). The highest BCUT2D eigenvalue weighted by molar-refractivity contribution is 5.65. The second kappa shape index (κ2) is 4.67. The first-order valence-corrected chi connectivity index (χ1v) is 4.98. The van der Waals surface area contributed by atoms with E-state index < -0.39 is 11.6 Å². The Morgan fingerprint density at radius 1 is 1.28 bits per heavy atom. The molecule has 0 saturated carbocycles. The highest BCUT2D eigenvalue weighted by Crippen LogP contribution is 2.24. The summed E-state index contributed by atoms with van der Waals surface area (Å²) in [6.45, 7) is 0. The van der Waals surface area contributed by atoms with Crippen LogP contribution in [0, 0.1) is 23.0 Å². The van der Waals surface area contributed by atoms with E-state index in [1.165, 1.54) is 18.3 Å². The van der Waals surface area contributed by atoms with Gasteiger partial charge < -0.3 is 11.1 Å². The molecule has 0 atom stereocenters. The molecule has 0 aliphatic rings. The van der Waals surface area contributed by atoms with Crippen molar-refractivity contribution in [3.8, 4) is 6.07 Å². The smallest absolute Gasteiger partial charge is 0.149 e. The van der Waals surface area contributed by atoms with Crippen LogP contribution in [0.2, 0.25) is 0 Å². The number of nitrogens with two attached hydrogens (primary N) is 1. The molecule has 6 heteroatoms. The Labute approximate surface area is 102 Å². The molecule has 90 valence electrons. The van der Waals surface area contributed by atoms with Gasteiger partial charge in [-0.15, -0.1) is 0 Å². The predicted molar refractivity (Wildman–Crippen MR) is 63.0 cm³/mol. The zero-order valence-corrected chi connectivity index (χ0v) is 9.11. The zero-order chi connectivity index (χ0) is 13.1. The van der Waals surface area contributed by atoms with Crippen LogP contribution in [0.5, 0.6) is 0 Å². The predicted octanol–water partition coefficient (Wildman–Crippen LogP) is 2.56. The molecule has 2 aromatic rings. The molecule has 0 bridgehead atoms. The van der Waals surface area contributed by atoms with Gasteiger partial charge in [0.15, 0.2) is 0 Å². The number of nitriles is 1. The summed E-state index contributed by atoms with van der Waals surface area (Å²) < 4.78 is 26.8. The number of benzene rings is 1. The number of anilines is 3. The van der Waals surface area contributed by atoms with Crippen LogP contribution in [-0.2, 0) is 0 Å². The fourth-order valence-corrected chi connectivity index (χ4v) is 1.40. The van der Waals surface area contributed by atoms with Crippen molar-refractivity contribution < 1.29 is 8.78 Å². The number of nitrogen functional groups attached to an aromatic ring is 1. The molecule has 4 nitrogen and oxygen atoms in total. The van der Waals surface area contributed by atoms with Gasteiger partial charge in [0.05, 0.1) is 17.4 Å². The molecule has 18 heavy (non-hydrogen) atoms. The fourth-order valence-electron chi connectivity index (χ4n) is 1.40. The summed E-state index contributed by atoms with van der Waals surface area (Å²) in [7, 11) is 0. The molecule has 3 N–H and O–H groups in total. The summed E-state index contributed by atoms with van der Waals surface area (Å²) in [5.41, 5.74) is 5.52. The summed E-state index contributed by atoms with van der Waals surface area (Å²) in [4.78, 5) is 3.83. The van der Waals surface area contributed by atoms with Crippen molar-refractivity contribution in [3.05, 3.63) is 47.7 Å². The van der Waals surface area contributed by atoms with Gasteiger partial charge in [-0.1, -0.05) is 6.07 Å². The fraction of sp³-hybridized carbons (Fsp3) is 0. The molecule has 0 spiro atoms. The molecule has 1 aromatic heterocycles. The highest BCUT2D eigenvalue weighted by Gasteiger charge is 2.11. The Morgan fingerprint density at radius 3 is 2.56 bits per heavy atom. The van der Waals surface area contributed by atoms with Crippen LogP contribution >= 0.6 is 0 Å². The van der Waals surface area contributed by atoms with Gasteiger partial charge in [-0.3, -0.25) is 0 Å². The number of nitrogens with one attached hydrogen (secondary N) is 1. The minimum atomic E-state index is -0.766. The van der Waals surface area contributed by atoms with Crippen molar-refractivity contribution in [2.75, 3.05) is 11.1 Å². The summed E-state index contributed by atoms with van der Waals surface area (Å²) in [5.74, 6) is -1.48. The number of hydrogen-bond acceptors (Lipinski definition) is 4. The highest BCUT2D eigenvalue weighted by atomic mass is 19.1. The van der Waals surface area contributed by atoms with Crippen molar-refractivity contribution in [3.63, 3.8) is 0 Å². The molecule has 0 radical (unpaired) electrons. The van der Waals surface area contributed by atoms with Gasteiger partial charge in [0, 0.05) is 0 Å². The molecule has 1 heterocycles. The van der Waals surface area contributed by atoms with E-state index in [0.717, 1.165) is 12.1 Å². The van der Waals surface area contributed by atoms with E-state index in [-0.39, 0.29) is 17.1 Å². The lowest BCUT2D eigenvalue weighted by molar-refractivity contribution is 0.590. The number of aromatic nitrogens is 1. The average Bonchev–Trinajstić information content (AvgIpc) is 2.35. The van der Waals surface area contributed by atoms with Crippen LogP contribution in [0.4, 0.5) is 26.0 Å². The largest absolute Gasteiger partial charge is 0.397 e. The zero-order valence-electron chi connectivity index (χ0n) is 9.11. The normalized spacial score (nSPS) is 9.83. The third kappa shape index (κ3) is 2.20. The van der Waals surface area contributed by atoms with Gasteiger partial charge in [0.25, 0.3) is 0 Å². The first-order valence-electron chi connectivity index (χ1n) is 4.98. The summed E-state index contributed by atoms with van der Waals surface area (Å²) in [6.07, 6.45) is 1.29. The summed E-state index contributed by atoms with van der Waals surface area (Å²) in [6, 6.07) is 6.67. The number of rotatable bonds is 2. The van der Waals surface area contributed by atoms with Crippen LogP contribution in [0.15, 0.2) is 30.5 Å². The van der Waals surface area contributed by atoms with Crippen molar-refractivity contribution in [2.45, 2.75) is 0 Å². The van der Waals surface area contributed by atoms with Crippen molar-refractivity contribution in [1.29, 1.82) is 5.26 Å². The number of hydrogen-bond donors (Lipinski definition) is 2. The molecule has 0 fully saturated rings. The van der Waals surface area contributed by atoms with E-state index in [9.17, 15) is 8.78 Å². The standard InChI is InChI=1S/C12H8F2N4/c13-9-2-1-3-10(14)11(9)18-12-7(5-15)4-8(16)6-17-12/h1-4,6H,16H2,(H,17,18). The summed E-state index contributed by atoms with van der Waals surface area (Å²) in [5, 5.41) is 11.3. The van der Waals surface area contributed by atoms with Crippen LogP contribution in [0.3, 0.4) is 0 Å². The van der Waals surface area contributed by atoms with Crippen molar-refractivity contribution >= 4 is 17.2 Å². The van der Waals surface area contributed by atoms with Crippen LogP contribution in [-0.4, -0.2) is 4.98 Å². The molecule has 0 amide bonds. The molecular weight excluding hydrogens is 238 g/mol. The number of para-hydroxylation sites is 1. The SMILES string of the molecule is N#Cc1cc(N)cnc1Nc1c(F)cccc1F. The van der Waals surface area contributed by atoms with Gasteiger partial charge in [-0.25, -0.2) is 13.8 Å². The van der Waals surface area contributed by atoms with Crippen LogP contribution in [0.1, 0.15) is 5.56 Å². The first-order chi connectivity index (χ1) is 8.61. The van der Waals surface area contributed by atoms with E-state index in [0.29, 0.717) is 5.69 Å². The van der Waals surface area contributed by atoms with E-state index >= 15 is 0 Å². The van der Waals surface area contributed by atoms with E-state index in [2.05, 4.69) is 10.3 Å². The molecule has 1 aromatic carbocycles. The maximum absolute atomic E-state index is 13.4. The van der Waals surface area contributed by atoms with Gasteiger partial charge in [0.2, 0.25) is 0 Å². The maximum atomic E-state index is 13.4. The topological polar surface area (TPSA) is 74.7 Å². The number of pyridine rings is 1. The third-order valence-corrected chi connectivity index (χ3v) is 2.24. The molecule has 0 unspecified atom stereocenters. The van der Waals surface area contributed by atoms with Crippen molar-refractivity contribution in [2.24, 2.45) is 0 Å². The molecule has 0 saturated heterocycles. The van der Waals surface area contributed by atoms with Crippen LogP contribution < -0.4 is 11.1 Å². The van der Waals surface area contributed by atoms with Crippen LogP contribution in [0.25, 0.3) is 0 Å². The Balaban J connectivity index is 2.44. The van der Waals surface area contributed by atoms with E-state index in [1.807, 2.05) is 6.07 Å². The lowest BCUT2D eigenvalue weighted by atomic mass is 10.2. The summed E-state index contributed by atoms with van der Waals surface area (Å²) >= 11 is 0. The van der Waals surface area contributed by atoms with E-state index in [1.54, 1.807) is 0 Å². The number of nitrogens with zero attached hydrogens (tertiary/aromatic N) is 2. The maximum Gasteiger partial charge on any atom is 0.149 e. The minimum absolute atomic E-state index is 0.0516. The lowest BCUT2D eigenvalue weighted by Crippen LogP contribution is -2.02. The first kappa shape index (κ1) is 11.8. The Kier molecular flexibility index (Phi) is 3.06. The lowest BCUT2D eigenvalue weighted by Gasteiger charge is -2.09. The minimum Gasteiger partial charge on any atom is -0.397 e. The second-order valence-electron chi connectivity index (χ2n) is 3.50. The Hall–Kier alpha value is -2.68. The molecular formula is C12H8F2N4. The van der Waals surface area contributed by atoms with Gasteiger partial charge in [-0.2, -0.15) is 5.26 Å². The Morgan fingerprint density at radius 2 is 1.94 bits per heavy atom. The monoisotopic (exact) mass is 246 g/mol. The quantitative estimate of drug-likeness (QED) is 0.853. The Bertz CT molecular complexity index is 614. The molecule has 0 aliphatic carbocycles. The molecule has 0 aliphatic heterocycles. The van der Waals surface area contributed by atoms with Gasteiger partial charge in [0.1, 0.15) is 29.2 Å². The second-order valence-corrected chi connectivity index (χ2v) is 3.50. The number of halogens is 2. The average molecular weight is 246 g/mol. The van der Waals surface area contributed by atoms with Gasteiger partial charge >= 0.3 is 0 Å². The van der Waals surface area contributed by atoms with Gasteiger partial charge in [-0.05, 0) is 18.2 Å². The van der Waals surface area contributed by atoms with E-state index in [4.69, 9.17) is 11.0 Å². The third-order valence-electron chi connectivity index (χ3n) is 2.24.